The number of hydrogen-bond donors (Lipinski definition) is 2. The second kappa shape index (κ2) is 13.3. The number of rotatable bonds is 6. The molecule has 0 bridgehead atoms. The summed E-state index contributed by atoms with van der Waals surface area (Å²) in [6.45, 7) is 0. The second-order valence-corrected chi connectivity index (χ2v) is 14.7. The van der Waals surface area contributed by atoms with Gasteiger partial charge in [-0.25, -0.2) is 0 Å². The summed E-state index contributed by atoms with van der Waals surface area (Å²) in [5.74, 6) is 0. The van der Waals surface area contributed by atoms with Crippen molar-refractivity contribution < 1.29 is 0 Å². The highest BCUT2D eigenvalue weighted by molar-refractivity contribution is 6.12. The molecule has 11 rings (SSSR count). The Balaban J connectivity index is 1.02. The largest absolute Gasteiger partial charge is 0.352 e. The summed E-state index contributed by atoms with van der Waals surface area (Å²) in [4.78, 5) is 0. The lowest BCUT2D eigenvalue weighted by atomic mass is 9.98. The van der Waals surface area contributed by atoms with Gasteiger partial charge in [-0.1, -0.05) is 152 Å². The van der Waals surface area contributed by atoms with E-state index in [1.165, 1.54) is 77.1 Å². The van der Waals surface area contributed by atoms with E-state index in [0.29, 0.717) is 0 Å². The molecule has 0 amide bonds. The predicted molar refractivity (Wildman–Crippen MR) is 234 cm³/mol. The minimum Gasteiger partial charge on any atom is -0.352 e. The van der Waals surface area contributed by atoms with E-state index in [4.69, 9.17) is 0 Å². The minimum absolute atomic E-state index is 0.0125. The smallest absolute Gasteiger partial charge is 0.160 e. The number of nitrogens with zero attached hydrogens (tertiary/aromatic N) is 2. The van der Waals surface area contributed by atoms with Crippen LogP contribution in [0.3, 0.4) is 0 Å². The molecule has 4 nitrogen and oxygen atoms in total. The molecule has 2 unspecified atom stereocenters. The third-order valence-corrected chi connectivity index (χ3v) is 11.4. The molecule has 2 N–H and O–H groups in total. The monoisotopic (exact) mass is 718 g/mol. The third kappa shape index (κ3) is 5.42. The van der Waals surface area contributed by atoms with Crippen LogP contribution >= 0.6 is 0 Å². The molecule has 0 spiro atoms. The van der Waals surface area contributed by atoms with Crippen LogP contribution in [0.5, 0.6) is 0 Å². The first-order valence-corrected chi connectivity index (χ1v) is 19.3. The predicted octanol–water partition coefficient (Wildman–Crippen LogP) is 12.7. The second-order valence-electron chi connectivity index (χ2n) is 14.7. The highest BCUT2D eigenvalue weighted by Gasteiger charge is 2.27. The van der Waals surface area contributed by atoms with Crippen molar-refractivity contribution in [3.8, 4) is 27.9 Å². The summed E-state index contributed by atoms with van der Waals surface area (Å²) in [5.41, 5.74) is 14.3. The van der Waals surface area contributed by atoms with Gasteiger partial charge in [0.05, 0.1) is 28.1 Å². The molecule has 3 heterocycles. The van der Waals surface area contributed by atoms with Gasteiger partial charge in [0.2, 0.25) is 0 Å². The van der Waals surface area contributed by atoms with Crippen molar-refractivity contribution >= 4 is 49.3 Å². The van der Waals surface area contributed by atoms with Crippen LogP contribution in [0.4, 0.5) is 0 Å². The van der Waals surface area contributed by atoms with E-state index in [1.807, 2.05) is 0 Å². The van der Waals surface area contributed by atoms with Crippen molar-refractivity contribution in [3.63, 3.8) is 0 Å². The highest BCUT2D eigenvalue weighted by atomic mass is 15.3. The average Bonchev–Trinajstić information content (AvgIpc) is 3.79. The van der Waals surface area contributed by atoms with Gasteiger partial charge in [0.15, 0.2) is 6.29 Å². The number of nitrogens with one attached hydrogen (secondary N) is 2. The fourth-order valence-corrected chi connectivity index (χ4v) is 8.73. The van der Waals surface area contributed by atoms with Gasteiger partial charge in [-0.2, -0.15) is 0 Å². The van der Waals surface area contributed by atoms with Crippen LogP contribution in [-0.4, -0.2) is 9.13 Å². The first-order chi connectivity index (χ1) is 27.8. The Morgan fingerprint density at radius 3 is 1.55 bits per heavy atom. The maximum atomic E-state index is 3.99. The van der Waals surface area contributed by atoms with Gasteiger partial charge < -0.3 is 14.5 Å². The Labute approximate surface area is 325 Å². The zero-order valence-electron chi connectivity index (χ0n) is 30.7. The van der Waals surface area contributed by atoms with E-state index >= 15 is 0 Å². The first kappa shape index (κ1) is 32.3. The average molecular weight is 719 g/mol. The third-order valence-electron chi connectivity index (χ3n) is 11.4. The molecule has 56 heavy (non-hydrogen) atoms. The molecular formula is C52H38N4. The highest BCUT2D eigenvalue weighted by Crippen LogP contribution is 2.39. The molecule has 2 aromatic heterocycles. The molecule has 4 heteroatoms. The lowest BCUT2D eigenvalue weighted by molar-refractivity contribution is 0.350. The van der Waals surface area contributed by atoms with Crippen molar-refractivity contribution in [1.29, 1.82) is 0 Å². The SMILES string of the molecule is C1=C(c2ccccc2)NC(n2c3ccccc3c3cc(-c4ccc5c(c4)c4ccccc4n5-c4ccccc4)ccc32)NC1c1ccc(-c2ccccc2)cc1. The van der Waals surface area contributed by atoms with Gasteiger partial charge in [-0.05, 0) is 88.0 Å². The standard InChI is InChI=1S/C52H38N4/c1-4-14-35(15-5-1)36-24-26-38(27-25-36)47-34-46(37-16-6-2-7-17-37)53-52(54-47)56-49-23-13-11-21-43(49)45-33-40(29-31-51(45)56)39-28-30-50-44(32-39)42-20-10-12-22-48(42)55(50)41-18-8-3-9-19-41/h1-34,47,52-54H. The van der Waals surface area contributed by atoms with Gasteiger partial charge in [0.25, 0.3) is 0 Å². The summed E-state index contributed by atoms with van der Waals surface area (Å²) in [6, 6.07) is 72.3. The van der Waals surface area contributed by atoms with E-state index in [-0.39, 0.29) is 12.3 Å². The van der Waals surface area contributed by atoms with Crippen LogP contribution < -0.4 is 10.6 Å². The lowest BCUT2D eigenvalue weighted by Gasteiger charge is -2.34. The fraction of sp³-hybridized carbons (Fsp3) is 0.0385. The van der Waals surface area contributed by atoms with Gasteiger partial charge >= 0.3 is 0 Å². The van der Waals surface area contributed by atoms with Crippen LogP contribution in [0, 0.1) is 0 Å². The molecule has 0 saturated heterocycles. The molecule has 0 fully saturated rings. The molecule has 0 aliphatic carbocycles. The van der Waals surface area contributed by atoms with Crippen LogP contribution in [0.15, 0.2) is 206 Å². The Kier molecular flexibility index (Phi) is 7.68. The quantitative estimate of drug-likeness (QED) is 0.179. The van der Waals surface area contributed by atoms with E-state index in [9.17, 15) is 0 Å². The molecule has 266 valence electrons. The number of aromatic nitrogens is 2. The molecule has 1 aliphatic heterocycles. The van der Waals surface area contributed by atoms with E-state index in [1.54, 1.807) is 0 Å². The Morgan fingerprint density at radius 2 is 0.857 bits per heavy atom. The summed E-state index contributed by atoms with van der Waals surface area (Å²) >= 11 is 0. The Hall–Kier alpha value is -7.14. The van der Waals surface area contributed by atoms with E-state index in [0.717, 1.165) is 11.3 Å². The normalized spacial score (nSPS) is 15.7. The summed E-state index contributed by atoms with van der Waals surface area (Å²) < 4.78 is 4.81. The maximum Gasteiger partial charge on any atom is 0.160 e. The van der Waals surface area contributed by atoms with E-state index < -0.39 is 0 Å². The van der Waals surface area contributed by atoms with Crippen molar-refractivity contribution in [2.75, 3.05) is 0 Å². The zero-order valence-corrected chi connectivity index (χ0v) is 30.7. The minimum atomic E-state index is -0.206. The first-order valence-electron chi connectivity index (χ1n) is 19.3. The topological polar surface area (TPSA) is 33.9 Å². The summed E-state index contributed by atoms with van der Waals surface area (Å²) in [5, 5.41) is 12.9. The number of fused-ring (bicyclic) bond motifs is 6. The fourth-order valence-electron chi connectivity index (χ4n) is 8.73. The van der Waals surface area contributed by atoms with Gasteiger partial charge in [0, 0.05) is 32.9 Å². The van der Waals surface area contributed by atoms with Gasteiger partial charge in [0.1, 0.15) is 0 Å². The van der Waals surface area contributed by atoms with E-state index in [2.05, 4.69) is 226 Å². The summed E-state index contributed by atoms with van der Waals surface area (Å²) in [7, 11) is 0. The molecule has 0 radical (unpaired) electrons. The van der Waals surface area contributed by atoms with Gasteiger partial charge in [-0.3, -0.25) is 5.32 Å². The number of benzene rings is 8. The Bertz CT molecular complexity index is 3070. The van der Waals surface area contributed by atoms with Crippen molar-refractivity contribution in [2.45, 2.75) is 12.3 Å². The van der Waals surface area contributed by atoms with Crippen LogP contribution in [-0.2, 0) is 0 Å². The Morgan fingerprint density at radius 1 is 0.375 bits per heavy atom. The van der Waals surface area contributed by atoms with Crippen LogP contribution in [0.1, 0.15) is 23.5 Å². The molecule has 8 aromatic carbocycles. The molecule has 2 atom stereocenters. The zero-order chi connectivity index (χ0) is 37.0. The molecule has 10 aromatic rings. The molecule has 0 saturated carbocycles. The van der Waals surface area contributed by atoms with Crippen LogP contribution in [0.2, 0.25) is 0 Å². The van der Waals surface area contributed by atoms with Crippen LogP contribution in [0.25, 0.3) is 77.2 Å². The van der Waals surface area contributed by atoms with Crippen molar-refractivity contribution in [3.05, 3.63) is 217 Å². The lowest BCUT2D eigenvalue weighted by Crippen LogP contribution is -2.43. The molecule has 1 aliphatic rings. The van der Waals surface area contributed by atoms with Gasteiger partial charge in [-0.15, -0.1) is 0 Å². The number of hydrogen-bond acceptors (Lipinski definition) is 2. The maximum absolute atomic E-state index is 3.99. The van der Waals surface area contributed by atoms with Crippen molar-refractivity contribution in [1.82, 2.24) is 19.8 Å². The molecular weight excluding hydrogens is 681 g/mol. The number of para-hydroxylation sites is 3. The van der Waals surface area contributed by atoms with Crippen molar-refractivity contribution in [2.24, 2.45) is 0 Å². The summed E-state index contributed by atoms with van der Waals surface area (Å²) in [6.07, 6.45) is 2.11.